The Hall–Kier alpha value is -0.910. The Kier molecular flexibility index (Phi) is 6.32. The Balaban J connectivity index is 2.72. The summed E-state index contributed by atoms with van der Waals surface area (Å²) in [4.78, 5) is 2.30. The lowest BCUT2D eigenvalue weighted by molar-refractivity contribution is 0.155. The van der Waals surface area contributed by atoms with Crippen molar-refractivity contribution in [3.8, 4) is 0 Å². The minimum Gasteiger partial charge on any atom is -0.385 e. The largest absolute Gasteiger partial charge is 0.385 e. The van der Waals surface area contributed by atoms with Crippen molar-refractivity contribution in [3.05, 3.63) is 18.0 Å². The van der Waals surface area contributed by atoms with Crippen molar-refractivity contribution in [3.63, 3.8) is 0 Å². The van der Waals surface area contributed by atoms with Crippen LogP contribution in [0, 0.1) is 0 Å². The van der Waals surface area contributed by atoms with Crippen molar-refractivity contribution >= 4 is 0 Å². The van der Waals surface area contributed by atoms with E-state index in [9.17, 15) is 0 Å². The number of hydrogen-bond acceptors (Lipinski definition) is 4. The van der Waals surface area contributed by atoms with Crippen molar-refractivity contribution in [1.29, 1.82) is 0 Å². The van der Waals surface area contributed by atoms with Gasteiger partial charge in [-0.1, -0.05) is 6.92 Å². The van der Waals surface area contributed by atoms with Gasteiger partial charge < -0.3 is 10.5 Å². The predicted octanol–water partition coefficient (Wildman–Crippen LogP) is 1.17. The van der Waals surface area contributed by atoms with Crippen molar-refractivity contribution < 1.29 is 4.74 Å². The van der Waals surface area contributed by atoms with E-state index in [0.717, 1.165) is 26.0 Å². The highest BCUT2D eigenvalue weighted by atomic mass is 16.5. The van der Waals surface area contributed by atoms with E-state index < -0.39 is 0 Å². The Labute approximate surface area is 110 Å². The minimum atomic E-state index is 0.127. The standard InChI is InChI=1S/C13H26N4O/c1-5-12(14)13(11-9-15-17(3)10-11)16(2)7-6-8-18-4/h9-10,12-13H,5-8,14H2,1-4H3. The van der Waals surface area contributed by atoms with Crippen LogP contribution < -0.4 is 5.73 Å². The van der Waals surface area contributed by atoms with Crippen LogP contribution in [0.5, 0.6) is 0 Å². The van der Waals surface area contributed by atoms with Crippen molar-refractivity contribution in [2.24, 2.45) is 12.8 Å². The Morgan fingerprint density at radius 3 is 2.78 bits per heavy atom. The van der Waals surface area contributed by atoms with Gasteiger partial charge in [-0.15, -0.1) is 0 Å². The quantitative estimate of drug-likeness (QED) is 0.708. The van der Waals surface area contributed by atoms with Crippen LogP contribution in [-0.2, 0) is 11.8 Å². The number of ether oxygens (including phenoxy) is 1. The normalized spacial score (nSPS) is 15.0. The third-order valence-electron chi connectivity index (χ3n) is 3.28. The molecule has 0 bridgehead atoms. The molecule has 0 amide bonds. The maximum Gasteiger partial charge on any atom is 0.0538 e. The maximum atomic E-state index is 6.25. The predicted molar refractivity (Wildman–Crippen MR) is 73.3 cm³/mol. The summed E-state index contributed by atoms with van der Waals surface area (Å²) in [6.45, 7) is 3.88. The lowest BCUT2D eigenvalue weighted by atomic mass is 9.99. The van der Waals surface area contributed by atoms with Gasteiger partial charge in [-0.3, -0.25) is 9.58 Å². The number of aromatic nitrogens is 2. The summed E-state index contributed by atoms with van der Waals surface area (Å²) < 4.78 is 6.92. The van der Waals surface area contributed by atoms with Crippen LogP contribution in [0.3, 0.4) is 0 Å². The highest BCUT2D eigenvalue weighted by Crippen LogP contribution is 2.23. The van der Waals surface area contributed by atoms with Gasteiger partial charge in [0.25, 0.3) is 0 Å². The van der Waals surface area contributed by atoms with E-state index in [2.05, 4.69) is 24.0 Å². The summed E-state index contributed by atoms with van der Waals surface area (Å²) in [5.41, 5.74) is 7.44. The molecule has 1 aromatic rings. The van der Waals surface area contributed by atoms with Gasteiger partial charge in [-0.05, 0) is 19.9 Å². The summed E-state index contributed by atoms with van der Waals surface area (Å²) in [6.07, 6.45) is 5.92. The lowest BCUT2D eigenvalue weighted by Gasteiger charge is -2.31. The fourth-order valence-electron chi connectivity index (χ4n) is 2.24. The van der Waals surface area contributed by atoms with Crippen LogP contribution in [0.4, 0.5) is 0 Å². The van der Waals surface area contributed by atoms with Gasteiger partial charge in [0.15, 0.2) is 0 Å². The van der Waals surface area contributed by atoms with Crippen molar-refractivity contribution in [2.75, 3.05) is 27.3 Å². The summed E-state index contributed by atoms with van der Waals surface area (Å²) in [5, 5.41) is 4.24. The van der Waals surface area contributed by atoms with E-state index in [1.54, 1.807) is 7.11 Å². The molecule has 0 saturated heterocycles. The van der Waals surface area contributed by atoms with Gasteiger partial charge in [-0.2, -0.15) is 5.10 Å². The van der Waals surface area contributed by atoms with E-state index in [0.29, 0.717) is 0 Å². The minimum absolute atomic E-state index is 0.127. The second kappa shape index (κ2) is 7.51. The van der Waals surface area contributed by atoms with Crippen LogP contribution in [0.15, 0.2) is 12.4 Å². The molecule has 0 aromatic carbocycles. The molecule has 0 aliphatic carbocycles. The molecule has 5 heteroatoms. The Morgan fingerprint density at radius 1 is 1.56 bits per heavy atom. The number of rotatable bonds is 8. The third-order valence-corrected chi connectivity index (χ3v) is 3.28. The first-order valence-electron chi connectivity index (χ1n) is 6.53. The first-order chi connectivity index (χ1) is 8.60. The molecular weight excluding hydrogens is 228 g/mol. The van der Waals surface area contributed by atoms with Crippen LogP contribution in [0.1, 0.15) is 31.4 Å². The monoisotopic (exact) mass is 254 g/mol. The second-order valence-electron chi connectivity index (χ2n) is 4.79. The average molecular weight is 254 g/mol. The molecule has 0 spiro atoms. The molecule has 1 heterocycles. The summed E-state index contributed by atoms with van der Waals surface area (Å²) in [6, 6.07) is 0.349. The SMILES string of the molecule is CCC(N)C(c1cnn(C)c1)N(C)CCCOC. The highest BCUT2D eigenvalue weighted by molar-refractivity contribution is 5.13. The molecule has 2 unspecified atom stereocenters. The van der Waals surface area contributed by atoms with E-state index in [1.807, 2.05) is 24.1 Å². The van der Waals surface area contributed by atoms with E-state index in [-0.39, 0.29) is 12.1 Å². The second-order valence-corrected chi connectivity index (χ2v) is 4.79. The van der Waals surface area contributed by atoms with Gasteiger partial charge >= 0.3 is 0 Å². The topological polar surface area (TPSA) is 56.3 Å². The molecule has 0 aliphatic rings. The first-order valence-corrected chi connectivity index (χ1v) is 6.53. The zero-order valence-electron chi connectivity index (χ0n) is 12.0. The molecule has 5 nitrogen and oxygen atoms in total. The first kappa shape index (κ1) is 15.1. The number of hydrogen-bond donors (Lipinski definition) is 1. The average Bonchev–Trinajstić information content (AvgIpc) is 2.76. The molecule has 1 aromatic heterocycles. The molecule has 2 N–H and O–H groups in total. The number of methoxy groups -OCH3 is 1. The summed E-state index contributed by atoms with van der Waals surface area (Å²) in [7, 11) is 5.78. The number of likely N-dealkylation sites (N-methyl/N-ethyl adjacent to an activating group) is 1. The number of nitrogens with two attached hydrogens (primary N) is 1. The summed E-state index contributed by atoms with van der Waals surface area (Å²) in [5.74, 6) is 0. The fourth-order valence-corrected chi connectivity index (χ4v) is 2.24. The van der Waals surface area contributed by atoms with Gasteiger partial charge in [0, 0.05) is 45.1 Å². The molecule has 18 heavy (non-hydrogen) atoms. The molecule has 104 valence electrons. The molecular formula is C13H26N4O. The van der Waals surface area contributed by atoms with E-state index in [4.69, 9.17) is 10.5 Å². The summed E-state index contributed by atoms with van der Waals surface area (Å²) >= 11 is 0. The molecule has 0 saturated carbocycles. The van der Waals surface area contributed by atoms with Gasteiger partial charge in [-0.25, -0.2) is 0 Å². The highest BCUT2D eigenvalue weighted by Gasteiger charge is 2.23. The zero-order valence-corrected chi connectivity index (χ0v) is 12.0. The van der Waals surface area contributed by atoms with Gasteiger partial charge in [0.05, 0.1) is 12.2 Å². The van der Waals surface area contributed by atoms with Gasteiger partial charge in [0.2, 0.25) is 0 Å². The van der Waals surface area contributed by atoms with Crippen molar-refractivity contribution in [2.45, 2.75) is 31.8 Å². The lowest BCUT2D eigenvalue weighted by Crippen LogP contribution is -2.39. The third kappa shape index (κ3) is 4.08. The molecule has 1 rings (SSSR count). The van der Waals surface area contributed by atoms with Crippen LogP contribution in [0.2, 0.25) is 0 Å². The molecule has 0 radical (unpaired) electrons. The smallest absolute Gasteiger partial charge is 0.0538 e. The number of aryl methyl sites for hydroxylation is 1. The molecule has 0 aliphatic heterocycles. The van der Waals surface area contributed by atoms with Crippen LogP contribution >= 0.6 is 0 Å². The van der Waals surface area contributed by atoms with Crippen LogP contribution in [0.25, 0.3) is 0 Å². The van der Waals surface area contributed by atoms with Crippen molar-refractivity contribution in [1.82, 2.24) is 14.7 Å². The molecule has 0 fully saturated rings. The fraction of sp³-hybridized carbons (Fsp3) is 0.769. The van der Waals surface area contributed by atoms with Crippen LogP contribution in [-0.4, -0.2) is 48.0 Å². The maximum absolute atomic E-state index is 6.25. The van der Waals surface area contributed by atoms with E-state index in [1.165, 1.54) is 5.56 Å². The Morgan fingerprint density at radius 2 is 2.28 bits per heavy atom. The molecule has 2 atom stereocenters. The van der Waals surface area contributed by atoms with Gasteiger partial charge in [0.1, 0.15) is 0 Å². The Bertz CT molecular complexity index is 339. The van der Waals surface area contributed by atoms with E-state index >= 15 is 0 Å². The zero-order chi connectivity index (χ0) is 13.5. The number of nitrogens with zero attached hydrogens (tertiary/aromatic N) is 3.